The molecule has 0 radical (unpaired) electrons. The van der Waals surface area contributed by atoms with Crippen molar-refractivity contribution in [1.29, 1.82) is 0 Å². The van der Waals surface area contributed by atoms with Gasteiger partial charge < -0.3 is 9.84 Å². The van der Waals surface area contributed by atoms with Crippen LogP contribution < -0.4 is 0 Å². The van der Waals surface area contributed by atoms with E-state index >= 15 is 0 Å². The smallest absolute Gasteiger partial charge is 0.0847 e. The molecule has 0 spiro atoms. The summed E-state index contributed by atoms with van der Waals surface area (Å²) in [5.74, 6) is 0.646. The summed E-state index contributed by atoms with van der Waals surface area (Å²) in [5.41, 5.74) is 0.166. The molecular weight excluding hydrogens is 128 g/mol. The zero-order valence-electron chi connectivity index (χ0n) is 5.66. The minimum absolute atomic E-state index is 0.166. The molecule has 0 amide bonds. The summed E-state index contributed by atoms with van der Waals surface area (Å²) in [6.45, 7) is 0.309. The molecule has 1 N–H and O–H groups in total. The Morgan fingerprint density at radius 3 is 3.00 bits per heavy atom. The maximum Gasteiger partial charge on any atom is 0.0847 e. The van der Waals surface area contributed by atoms with Crippen LogP contribution in [0, 0.1) is 11.3 Å². The van der Waals surface area contributed by atoms with Crippen LogP contribution in [0.3, 0.4) is 0 Å². The molecule has 2 fully saturated rings. The number of aliphatic hydroxyl groups excluding tert-OH is 1. The van der Waals surface area contributed by atoms with E-state index in [-0.39, 0.29) is 11.5 Å². The van der Waals surface area contributed by atoms with Gasteiger partial charge in [-0.1, -0.05) is 12.2 Å². The van der Waals surface area contributed by atoms with Crippen LogP contribution in [0.25, 0.3) is 0 Å². The second kappa shape index (κ2) is 1.31. The molecule has 2 bridgehead atoms. The van der Waals surface area contributed by atoms with Gasteiger partial charge in [0.25, 0.3) is 0 Å². The van der Waals surface area contributed by atoms with Gasteiger partial charge in [0.15, 0.2) is 0 Å². The van der Waals surface area contributed by atoms with E-state index < -0.39 is 0 Å². The summed E-state index contributed by atoms with van der Waals surface area (Å²) >= 11 is 0. The van der Waals surface area contributed by atoms with Gasteiger partial charge in [0.1, 0.15) is 0 Å². The molecule has 1 aliphatic carbocycles. The Labute approximate surface area is 59.5 Å². The van der Waals surface area contributed by atoms with E-state index in [1.54, 1.807) is 0 Å². The van der Waals surface area contributed by atoms with Crippen LogP contribution in [0.15, 0.2) is 12.2 Å². The fourth-order valence-electron chi connectivity index (χ4n) is 2.42. The van der Waals surface area contributed by atoms with Crippen LogP contribution in [-0.4, -0.2) is 23.9 Å². The van der Waals surface area contributed by atoms with Gasteiger partial charge in [-0.05, 0) is 6.42 Å². The van der Waals surface area contributed by atoms with E-state index in [0.29, 0.717) is 18.6 Å². The van der Waals surface area contributed by atoms with Crippen LogP contribution in [0.1, 0.15) is 6.42 Å². The Hall–Kier alpha value is -0.340. The minimum Gasteiger partial charge on any atom is -0.396 e. The molecule has 54 valence electrons. The van der Waals surface area contributed by atoms with E-state index in [9.17, 15) is 0 Å². The number of rotatable bonds is 1. The highest BCUT2D eigenvalue weighted by molar-refractivity contribution is 5.28. The monoisotopic (exact) mass is 138 g/mol. The molecule has 4 unspecified atom stereocenters. The molecule has 4 atom stereocenters. The summed E-state index contributed by atoms with van der Waals surface area (Å²) in [5, 5.41) is 9.08. The Morgan fingerprint density at radius 2 is 2.50 bits per heavy atom. The molecule has 0 aromatic carbocycles. The van der Waals surface area contributed by atoms with Crippen LogP contribution in [0.4, 0.5) is 0 Å². The Morgan fingerprint density at radius 1 is 1.60 bits per heavy atom. The Bertz CT molecular complexity index is 211. The third kappa shape index (κ3) is 0.361. The highest BCUT2D eigenvalue weighted by Gasteiger charge is 2.68. The van der Waals surface area contributed by atoms with E-state index in [2.05, 4.69) is 12.2 Å². The predicted octanol–water partition coefficient (Wildman–Crippen LogP) is 0.322. The largest absolute Gasteiger partial charge is 0.396 e. The first-order chi connectivity index (χ1) is 4.87. The van der Waals surface area contributed by atoms with Gasteiger partial charge in [0.05, 0.1) is 18.8 Å². The van der Waals surface area contributed by atoms with Gasteiger partial charge in [-0.3, -0.25) is 0 Å². The average Bonchev–Trinajstić information content (AvgIpc) is 2.47. The molecule has 0 aromatic heterocycles. The van der Waals surface area contributed by atoms with E-state index in [1.165, 1.54) is 6.42 Å². The molecule has 10 heavy (non-hydrogen) atoms. The van der Waals surface area contributed by atoms with Gasteiger partial charge in [0, 0.05) is 11.3 Å². The summed E-state index contributed by atoms with van der Waals surface area (Å²) < 4.78 is 5.56. The first kappa shape index (κ1) is 5.33. The Kier molecular flexibility index (Phi) is 0.701. The molecule has 1 saturated heterocycles. The first-order valence-corrected chi connectivity index (χ1v) is 3.81. The van der Waals surface area contributed by atoms with Crippen LogP contribution in [-0.2, 0) is 4.74 Å². The second-order valence-corrected chi connectivity index (χ2v) is 3.61. The zero-order valence-corrected chi connectivity index (χ0v) is 5.66. The zero-order chi connectivity index (χ0) is 6.77. The van der Waals surface area contributed by atoms with Crippen LogP contribution in [0.5, 0.6) is 0 Å². The number of aliphatic hydroxyl groups is 1. The molecule has 3 rings (SSSR count). The summed E-state index contributed by atoms with van der Waals surface area (Å²) in [7, 11) is 0. The summed E-state index contributed by atoms with van der Waals surface area (Å²) in [6, 6.07) is 0. The Balaban J connectivity index is 2.02. The lowest BCUT2D eigenvalue weighted by Crippen LogP contribution is -2.21. The van der Waals surface area contributed by atoms with Crippen molar-refractivity contribution in [3.8, 4) is 0 Å². The lowest BCUT2D eigenvalue weighted by Gasteiger charge is -2.13. The topological polar surface area (TPSA) is 29.5 Å². The van der Waals surface area contributed by atoms with Gasteiger partial charge in [-0.25, -0.2) is 0 Å². The third-order valence-electron chi connectivity index (χ3n) is 3.22. The first-order valence-electron chi connectivity index (χ1n) is 3.81. The quantitative estimate of drug-likeness (QED) is 0.529. The maximum atomic E-state index is 9.08. The molecular formula is C8H10O2. The van der Waals surface area contributed by atoms with E-state index in [4.69, 9.17) is 9.84 Å². The van der Waals surface area contributed by atoms with Crippen molar-refractivity contribution in [2.75, 3.05) is 6.61 Å². The van der Waals surface area contributed by atoms with Crippen molar-refractivity contribution < 1.29 is 9.84 Å². The minimum atomic E-state index is 0.166. The fraction of sp³-hybridized carbons (Fsp3) is 0.750. The lowest BCUT2D eigenvalue weighted by molar-refractivity contribution is 0.0534. The fourth-order valence-corrected chi connectivity index (χ4v) is 2.42. The molecule has 2 nitrogen and oxygen atoms in total. The molecule has 2 aliphatic heterocycles. The van der Waals surface area contributed by atoms with Crippen molar-refractivity contribution in [3.63, 3.8) is 0 Å². The molecule has 2 heterocycles. The second-order valence-electron chi connectivity index (χ2n) is 3.61. The van der Waals surface area contributed by atoms with Gasteiger partial charge in [-0.2, -0.15) is 0 Å². The van der Waals surface area contributed by atoms with Crippen molar-refractivity contribution in [2.24, 2.45) is 11.3 Å². The van der Waals surface area contributed by atoms with Crippen LogP contribution >= 0.6 is 0 Å². The van der Waals surface area contributed by atoms with Gasteiger partial charge in [-0.15, -0.1) is 0 Å². The molecule has 2 heteroatoms. The average molecular weight is 138 g/mol. The summed E-state index contributed by atoms with van der Waals surface area (Å²) in [6.07, 6.45) is 6.00. The lowest BCUT2D eigenvalue weighted by atomic mass is 9.94. The SMILES string of the molecule is OCC12CC1C1C=CC2O1. The van der Waals surface area contributed by atoms with E-state index in [0.717, 1.165) is 0 Å². The van der Waals surface area contributed by atoms with Crippen LogP contribution in [0.2, 0.25) is 0 Å². The highest BCUT2D eigenvalue weighted by Crippen LogP contribution is 2.66. The van der Waals surface area contributed by atoms with E-state index in [1.807, 2.05) is 0 Å². The van der Waals surface area contributed by atoms with Crippen molar-refractivity contribution in [3.05, 3.63) is 12.2 Å². The van der Waals surface area contributed by atoms with Gasteiger partial charge >= 0.3 is 0 Å². The molecule has 3 aliphatic rings. The standard InChI is InChI=1S/C8H10O2/c9-4-8-3-5(8)6-1-2-7(8)10-6/h1-2,5-7,9H,3-4H2. The van der Waals surface area contributed by atoms with Crippen molar-refractivity contribution >= 4 is 0 Å². The van der Waals surface area contributed by atoms with Gasteiger partial charge in [0.2, 0.25) is 0 Å². The predicted molar refractivity (Wildman–Crippen MR) is 35.4 cm³/mol. The number of hydrogen-bond donors (Lipinski definition) is 1. The summed E-state index contributed by atoms with van der Waals surface area (Å²) in [4.78, 5) is 0. The normalized spacial score (nSPS) is 61.1. The van der Waals surface area contributed by atoms with Crippen molar-refractivity contribution in [1.82, 2.24) is 0 Å². The number of hydrogen-bond acceptors (Lipinski definition) is 2. The third-order valence-corrected chi connectivity index (χ3v) is 3.22. The number of ether oxygens (including phenoxy) is 1. The maximum absolute atomic E-state index is 9.08. The number of fused-ring (bicyclic) bond motifs is 5. The highest BCUT2D eigenvalue weighted by atomic mass is 16.5. The van der Waals surface area contributed by atoms with Crippen molar-refractivity contribution in [2.45, 2.75) is 18.6 Å². The molecule has 0 aromatic rings. The molecule has 1 saturated carbocycles.